The zero-order valence-corrected chi connectivity index (χ0v) is 13.0. The zero-order valence-electron chi connectivity index (χ0n) is 10.7. The third kappa shape index (κ3) is 12.8. The Morgan fingerprint density at radius 1 is 1.00 bits per heavy atom. The van der Waals surface area contributed by atoms with E-state index in [1.165, 1.54) is 5.32 Å². The first-order valence-electron chi connectivity index (χ1n) is 5.49. The molecule has 14 heteroatoms. The summed E-state index contributed by atoms with van der Waals surface area (Å²) in [5.41, 5.74) is 3.76. The van der Waals surface area contributed by atoms with E-state index in [1.54, 1.807) is 0 Å². The van der Waals surface area contributed by atoms with Gasteiger partial charge in [0.05, 0.1) is 6.54 Å². The van der Waals surface area contributed by atoms with Gasteiger partial charge in [0, 0.05) is 6.54 Å². The molecule has 0 unspecified atom stereocenters. The smallest absolute Gasteiger partial charge is 0.334 e. The highest BCUT2D eigenvalue weighted by molar-refractivity contribution is 6.67. The number of urea groups is 2. The maximum atomic E-state index is 11.9. The molecule has 4 N–H and O–H groups in total. The Kier molecular flexibility index (Phi) is 8.89. The van der Waals surface area contributed by atoms with Crippen LogP contribution in [0.2, 0.25) is 0 Å². The lowest BCUT2D eigenvalue weighted by atomic mass is 10.6. The molecule has 0 bridgehead atoms. The van der Waals surface area contributed by atoms with Gasteiger partial charge in [0.15, 0.2) is 0 Å². The second-order valence-electron chi connectivity index (χ2n) is 3.67. The number of nitrogens with zero attached hydrogens (tertiary/aromatic N) is 1. The highest BCUT2D eigenvalue weighted by Crippen LogP contribution is 2.25. The van der Waals surface area contributed by atoms with Crippen molar-refractivity contribution in [3.63, 3.8) is 0 Å². The molecule has 22 heavy (non-hydrogen) atoms. The number of alkyl halides is 7. The lowest BCUT2D eigenvalue weighted by Gasteiger charge is -2.26. The van der Waals surface area contributed by atoms with Gasteiger partial charge in [-0.25, -0.2) is 14.0 Å². The quantitative estimate of drug-likeness (QED) is 0.315. The summed E-state index contributed by atoms with van der Waals surface area (Å²) in [6.45, 7) is -3.38. The first-order valence-corrected chi connectivity index (χ1v) is 6.62. The van der Waals surface area contributed by atoms with Crippen LogP contribution >= 0.6 is 34.8 Å². The molecule has 0 heterocycles. The molecule has 0 aliphatic heterocycles. The molecule has 0 aliphatic rings. The number of hydrogen-bond donors (Lipinski definition) is 4. The molecular weight excluding hydrogens is 380 g/mol. The fourth-order valence-electron chi connectivity index (χ4n) is 0.952. The second-order valence-corrected chi connectivity index (χ2v) is 6.18. The summed E-state index contributed by atoms with van der Waals surface area (Å²) >= 11 is 16.4. The average molecular weight is 393 g/mol. The number of hydrazine groups is 2. The van der Waals surface area contributed by atoms with Crippen LogP contribution in [-0.2, 0) is 0 Å². The van der Waals surface area contributed by atoms with Crippen LogP contribution in [0.5, 0.6) is 0 Å². The highest BCUT2D eigenvalue weighted by atomic mass is 35.6. The maximum absolute atomic E-state index is 11.9. The van der Waals surface area contributed by atoms with Crippen molar-refractivity contribution in [2.24, 2.45) is 0 Å². The van der Waals surface area contributed by atoms with E-state index in [0.717, 1.165) is 0 Å². The van der Waals surface area contributed by atoms with Gasteiger partial charge in [0.25, 0.3) is 0 Å². The average Bonchev–Trinajstić information content (AvgIpc) is 2.31. The van der Waals surface area contributed by atoms with E-state index in [-0.39, 0.29) is 6.54 Å². The summed E-state index contributed by atoms with van der Waals surface area (Å²) in [5.74, 6) is 0. The lowest BCUT2D eigenvalue weighted by Crippen LogP contribution is -2.60. The largest absolute Gasteiger partial charge is 0.405 e. The van der Waals surface area contributed by atoms with Gasteiger partial charge in [-0.15, -0.1) is 5.12 Å². The van der Waals surface area contributed by atoms with Gasteiger partial charge < -0.3 is 10.6 Å². The number of carbonyl (C=O) groups excluding carboxylic acids is 2. The van der Waals surface area contributed by atoms with E-state index < -0.39 is 41.8 Å². The first kappa shape index (κ1) is 21.1. The number of halogens is 7. The minimum atomic E-state index is -4.62. The zero-order chi connectivity index (χ0) is 17.4. The standard InChI is InChI=1S/C8H12Cl3F4N5O2/c9-7(10,11)4-20(18-5(21)16-2-1-12)19-6(22)17-3-8(13,14)15/h1-4H2,(H2,16,18,21)(H2,17,19,22). The molecule has 7 nitrogen and oxygen atoms in total. The predicted octanol–water partition coefficient (Wildman–Crippen LogP) is 1.62. The van der Waals surface area contributed by atoms with Crippen molar-refractivity contribution in [1.82, 2.24) is 26.6 Å². The number of carbonyl (C=O) groups is 2. The molecule has 0 saturated heterocycles. The Bertz CT molecular complexity index is 380. The van der Waals surface area contributed by atoms with Crippen molar-refractivity contribution >= 4 is 46.9 Å². The Labute approximate surface area is 137 Å². The van der Waals surface area contributed by atoms with E-state index in [1.807, 2.05) is 16.2 Å². The van der Waals surface area contributed by atoms with Crippen LogP contribution in [0.1, 0.15) is 0 Å². The van der Waals surface area contributed by atoms with Crippen LogP contribution in [0, 0.1) is 0 Å². The molecule has 0 aromatic carbocycles. The minimum Gasteiger partial charge on any atom is -0.334 e. The van der Waals surface area contributed by atoms with E-state index in [0.29, 0.717) is 5.12 Å². The Morgan fingerprint density at radius 2 is 1.50 bits per heavy atom. The van der Waals surface area contributed by atoms with E-state index in [2.05, 4.69) is 0 Å². The van der Waals surface area contributed by atoms with Gasteiger partial charge in [0.2, 0.25) is 3.79 Å². The Hall–Kier alpha value is -0.910. The molecule has 0 fully saturated rings. The minimum absolute atomic E-state index is 0.326. The molecule has 0 atom stereocenters. The molecule has 0 aliphatic carbocycles. The van der Waals surface area contributed by atoms with Crippen LogP contribution in [-0.4, -0.2) is 53.5 Å². The summed E-state index contributed by atoms with van der Waals surface area (Å²) in [4.78, 5) is 22.5. The maximum Gasteiger partial charge on any atom is 0.405 e. The molecule has 0 rings (SSSR count). The van der Waals surface area contributed by atoms with Crippen molar-refractivity contribution < 1.29 is 27.2 Å². The molecule has 0 saturated carbocycles. The molecule has 0 aromatic heterocycles. The number of hydrogen-bond acceptors (Lipinski definition) is 3. The van der Waals surface area contributed by atoms with Crippen LogP contribution in [0.25, 0.3) is 0 Å². The normalized spacial score (nSPS) is 12.0. The number of amides is 4. The van der Waals surface area contributed by atoms with Gasteiger partial charge in [-0.05, 0) is 0 Å². The van der Waals surface area contributed by atoms with Crippen molar-refractivity contribution in [3.05, 3.63) is 0 Å². The van der Waals surface area contributed by atoms with Crippen LogP contribution in [0.15, 0.2) is 0 Å². The second kappa shape index (κ2) is 9.28. The monoisotopic (exact) mass is 391 g/mol. The summed E-state index contributed by atoms with van der Waals surface area (Å²) in [6, 6.07) is -2.28. The van der Waals surface area contributed by atoms with Crippen molar-refractivity contribution in [2.75, 3.05) is 26.3 Å². The van der Waals surface area contributed by atoms with Crippen molar-refractivity contribution in [3.8, 4) is 0 Å². The van der Waals surface area contributed by atoms with Crippen LogP contribution < -0.4 is 21.5 Å². The molecular formula is C8H12Cl3F4N5O2. The molecule has 130 valence electrons. The van der Waals surface area contributed by atoms with Gasteiger partial charge in [-0.2, -0.15) is 13.2 Å². The highest BCUT2D eigenvalue weighted by Gasteiger charge is 2.29. The summed E-state index contributed by atoms with van der Waals surface area (Å²) in [6.07, 6.45) is -4.62. The topological polar surface area (TPSA) is 85.5 Å². The van der Waals surface area contributed by atoms with Crippen LogP contribution in [0.4, 0.5) is 27.2 Å². The Morgan fingerprint density at radius 3 is 1.91 bits per heavy atom. The number of rotatable bonds is 6. The summed E-state index contributed by atoms with van der Waals surface area (Å²) in [7, 11) is 0. The van der Waals surface area contributed by atoms with Crippen molar-refractivity contribution in [2.45, 2.75) is 9.97 Å². The molecule has 0 aromatic rings. The van der Waals surface area contributed by atoms with E-state index in [9.17, 15) is 27.2 Å². The van der Waals surface area contributed by atoms with Crippen molar-refractivity contribution in [1.29, 1.82) is 0 Å². The predicted molar refractivity (Wildman–Crippen MR) is 72.1 cm³/mol. The molecule has 4 amide bonds. The SMILES string of the molecule is O=C(NCCF)NN(CC(Cl)(Cl)Cl)NC(=O)NCC(F)(F)F. The number of nitrogens with one attached hydrogen (secondary N) is 4. The summed E-state index contributed by atoms with van der Waals surface area (Å²) < 4.78 is 45.7. The molecule has 0 spiro atoms. The third-order valence-electron chi connectivity index (χ3n) is 1.64. The first-order chi connectivity index (χ1) is 9.93. The third-order valence-corrected chi connectivity index (χ3v) is 2.00. The Balaban J connectivity index is 4.52. The fourth-order valence-corrected chi connectivity index (χ4v) is 1.31. The van der Waals surface area contributed by atoms with Gasteiger partial charge in [-0.1, -0.05) is 34.8 Å². The van der Waals surface area contributed by atoms with E-state index >= 15 is 0 Å². The van der Waals surface area contributed by atoms with Gasteiger partial charge in [0.1, 0.15) is 13.2 Å². The lowest BCUT2D eigenvalue weighted by molar-refractivity contribution is -0.123. The van der Waals surface area contributed by atoms with Gasteiger partial charge >= 0.3 is 18.2 Å². The van der Waals surface area contributed by atoms with Gasteiger partial charge in [-0.3, -0.25) is 10.9 Å². The summed E-state index contributed by atoms with van der Waals surface area (Å²) in [5, 5.41) is 4.04. The molecule has 0 radical (unpaired) electrons. The van der Waals surface area contributed by atoms with E-state index in [4.69, 9.17) is 34.8 Å². The van der Waals surface area contributed by atoms with Crippen LogP contribution in [0.3, 0.4) is 0 Å². The fraction of sp³-hybridized carbons (Fsp3) is 0.750.